The van der Waals surface area contributed by atoms with Crippen LogP contribution in [0.4, 0.5) is 0 Å². The number of rotatable bonds is 14. The Labute approximate surface area is 272 Å². The first-order valence-electron chi connectivity index (χ1n) is 16.8. The first-order chi connectivity index (χ1) is 21.4. The Bertz CT molecular complexity index is 1260. The van der Waals surface area contributed by atoms with Crippen LogP contribution < -0.4 is 5.32 Å². The van der Waals surface area contributed by atoms with E-state index in [-0.39, 0.29) is 47.7 Å². The molecule has 1 aliphatic heterocycles. The quantitative estimate of drug-likeness (QED) is 0.261. The summed E-state index contributed by atoms with van der Waals surface area (Å²) in [5.41, 5.74) is 2.86. The molecule has 45 heavy (non-hydrogen) atoms. The fraction of sp³-hybridized carbons (Fsp3) is 0.553. The van der Waals surface area contributed by atoms with E-state index in [0.717, 1.165) is 37.8 Å². The van der Waals surface area contributed by atoms with Gasteiger partial charge in [0.1, 0.15) is 6.04 Å². The van der Waals surface area contributed by atoms with Crippen LogP contribution >= 0.6 is 0 Å². The van der Waals surface area contributed by atoms with Crippen LogP contribution in [-0.4, -0.2) is 76.7 Å². The van der Waals surface area contributed by atoms with E-state index in [4.69, 9.17) is 0 Å². The Morgan fingerprint density at radius 1 is 0.889 bits per heavy atom. The smallest absolute Gasteiger partial charge is 0.249 e. The predicted molar refractivity (Wildman–Crippen MR) is 183 cm³/mol. The minimum atomic E-state index is -0.649. The van der Waals surface area contributed by atoms with Crippen LogP contribution in [0.15, 0.2) is 72.3 Å². The van der Waals surface area contributed by atoms with Crippen LogP contribution in [0.2, 0.25) is 0 Å². The second kappa shape index (κ2) is 17.3. The van der Waals surface area contributed by atoms with Crippen molar-refractivity contribution in [2.24, 2.45) is 11.8 Å². The number of nitrogens with zero attached hydrogens (tertiary/aromatic N) is 3. The van der Waals surface area contributed by atoms with Gasteiger partial charge in [0.05, 0.1) is 12.1 Å². The van der Waals surface area contributed by atoms with Gasteiger partial charge in [-0.2, -0.15) is 0 Å². The van der Waals surface area contributed by atoms with Crippen LogP contribution in [0.3, 0.4) is 0 Å². The lowest BCUT2D eigenvalue weighted by atomic mass is 9.95. The van der Waals surface area contributed by atoms with Crippen molar-refractivity contribution in [3.8, 4) is 0 Å². The number of piperidine rings is 1. The summed E-state index contributed by atoms with van der Waals surface area (Å²) < 4.78 is 0. The van der Waals surface area contributed by atoms with E-state index < -0.39 is 6.04 Å². The van der Waals surface area contributed by atoms with Gasteiger partial charge in [-0.25, -0.2) is 0 Å². The van der Waals surface area contributed by atoms with Gasteiger partial charge in [-0.3, -0.25) is 19.3 Å². The molecule has 1 unspecified atom stereocenters. The third-order valence-corrected chi connectivity index (χ3v) is 8.99. The number of hydrogen-bond donors (Lipinski definition) is 1. The van der Waals surface area contributed by atoms with Crippen molar-refractivity contribution < 1.29 is 14.4 Å². The number of likely N-dealkylation sites (N-methyl/N-ethyl adjacent to an activating group) is 1. The zero-order valence-electron chi connectivity index (χ0n) is 28.8. The second-order valence-corrected chi connectivity index (χ2v) is 13.6. The molecular weight excluding hydrogens is 560 g/mol. The summed E-state index contributed by atoms with van der Waals surface area (Å²) in [4.78, 5) is 47.4. The van der Waals surface area contributed by atoms with Crippen molar-refractivity contribution in [3.63, 3.8) is 0 Å². The lowest BCUT2D eigenvalue weighted by Gasteiger charge is -2.39. The molecule has 0 aromatic heterocycles. The summed E-state index contributed by atoms with van der Waals surface area (Å²) >= 11 is 0. The molecule has 1 fully saturated rings. The summed E-state index contributed by atoms with van der Waals surface area (Å²) in [5, 5.41) is 3.13. The van der Waals surface area contributed by atoms with E-state index in [9.17, 15) is 14.4 Å². The third kappa shape index (κ3) is 10.3. The maximum absolute atomic E-state index is 14.0. The largest absolute Gasteiger partial charge is 0.343 e. The topological polar surface area (TPSA) is 73.0 Å². The fourth-order valence-electron chi connectivity index (χ4n) is 6.28. The first kappa shape index (κ1) is 36.0. The van der Waals surface area contributed by atoms with Crippen molar-refractivity contribution in [2.45, 2.75) is 105 Å². The number of benzene rings is 2. The zero-order valence-corrected chi connectivity index (χ0v) is 28.8. The van der Waals surface area contributed by atoms with E-state index in [1.165, 1.54) is 5.56 Å². The molecule has 0 saturated carbocycles. The lowest BCUT2D eigenvalue weighted by Crippen LogP contribution is -2.58. The van der Waals surface area contributed by atoms with E-state index in [1.807, 2.05) is 80.3 Å². The number of likely N-dealkylation sites (tertiary alicyclic amines) is 1. The molecule has 2 aromatic carbocycles. The molecular formula is C38H56N4O3. The van der Waals surface area contributed by atoms with Gasteiger partial charge < -0.3 is 15.1 Å². The van der Waals surface area contributed by atoms with Gasteiger partial charge in [-0.05, 0) is 69.5 Å². The molecule has 1 saturated heterocycles. The molecule has 0 bridgehead atoms. The fourth-order valence-corrected chi connectivity index (χ4v) is 6.28. The van der Waals surface area contributed by atoms with Gasteiger partial charge in [0.2, 0.25) is 17.7 Å². The summed E-state index contributed by atoms with van der Waals surface area (Å²) in [5.74, 6) is -0.265. The number of amides is 3. The Kier molecular flexibility index (Phi) is 13.8. The minimum absolute atomic E-state index is 0.0407. The summed E-state index contributed by atoms with van der Waals surface area (Å²) in [6.07, 6.45) is 5.60. The maximum Gasteiger partial charge on any atom is 0.249 e. The Morgan fingerprint density at radius 3 is 2.04 bits per heavy atom. The van der Waals surface area contributed by atoms with Crippen LogP contribution in [0.1, 0.15) is 78.9 Å². The maximum atomic E-state index is 14.0. The van der Waals surface area contributed by atoms with Gasteiger partial charge in [0.15, 0.2) is 0 Å². The summed E-state index contributed by atoms with van der Waals surface area (Å²) in [6, 6.07) is 19.3. The van der Waals surface area contributed by atoms with Crippen molar-refractivity contribution in [1.82, 2.24) is 20.0 Å². The third-order valence-electron chi connectivity index (χ3n) is 8.99. The molecule has 7 nitrogen and oxygen atoms in total. The van der Waals surface area contributed by atoms with Crippen LogP contribution in [0.25, 0.3) is 0 Å². The van der Waals surface area contributed by atoms with Crippen LogP contribution in [-0.2, 0) is 27.3 Å². The molecule has 3 atom stereocenters. The molecule has 3 rings (SSSR count). The zero-order chi connectivity index (χ0) is 33.1. The Morgan fingerprint density at radius 2 is 1.49 bits per heavy atom. The monoisotopic (exact) mass is 616 g/mol. The summed E-state index contributed by atoms with van der Waals surface area (Å²) in [7, 11) is 1.79. The average molecular weight is 617 g/mol. The highest BCUT2D eigenvalue weighted by Gasteiger charge is 2.36. The molecule has 2 aromatic rings. The van der Waals surface area contributed by atoms with Gasteiger partial charge in [-0.1, -0.05) is 101 Å². The lowest BCUT2D eigenvalue weighted by molar-refractivity contribution is -0.140. The number of hydrogen-bond acceptors (Lipinski definition) is 4. The molecule has 0 spiro atoms. The Hall–Kier alpha value is -3.45. The predicted octanol–water partition coefficient (Wildman–Crippen LogP) is 6.09. The van der Waals surface area contributed by atoms with Gasteiger partial charge >= 0.3 is 0 Å². The second-order valence-electron chi connectivity index (χ2n) is 13.6. The van der Waals surface area contributed by atoms with E-state index in [0.29, 0.717) is 18.7 Å². The molecule has 7 heteroatoms. The van der Waals surface area contributed by atoms with Gasteiger partial charge in [0, 0.05) is 31.8 Å². The SMILES string of the molecule is CC(=C[C@H](C(C)C)N(C)C(=O)[C@@H](NC(=O)C1CCCCN1C(C)C)C(C)C)C(=O)N(CCc1ccccc1)Cc1ccccc1. The highest BCUT2D eigenvalue weighted by molar-refractivity contribution is 5.93. The minimum Gasteiger partial charge on any atom is -0.343 e. The van der Waals surface area contributed by atoms with E-state index >= 15 is 0 Å². The van der Waals surface area contributed by atoms with Crippen molar-refractivity contribution in [1.29, 1.82) is 0 Å². The standard InChI is InChI=1S/C38H56N4O3/c1-27(2)34(40(8)38(45)35(28(3)4)39-36(43)33-21-15-16-23-42(33)29(5)6)25-30(7)37(44)41(26-32-19-13-10-14-20-32)24-22-31-17-11-9-12-18-31/h9-14,17-20,25,27-29,33-35H,15-16,21-24,26H2,1-8H3,(H,39,43)/t33?,34-,35+/m1/s1. The van der Waals surface area contributed by atoms with Gasteiger partial charge in [0.25, 0.3) is 0 Å². The first-order valence-corrected chi connectivity index (χ1v) is 16.8. The van der Waals surface area contributed by atoms with E-state index in [2.05, 4.69) is 50.0 Å². The van der Waals surface area contributed by atoms with Crippen molar-refractivity contribution in [2.75, 3.05) is 20.1 Å². The molecule has 0 aliphatic carbocycles. The molecule has 246 valence electrons. The normalized spacial score (nSPS) is 17.3. The number of carbonyl (C=O) groups is 3. The molecule has 1 heterocycles. The van der Waals surface area contributed by atoms with Gasteiger partial charge in [-0.15, -0.1) is 0 Å². The highest BCUT2D eigenvalue weighted by atomic mass is 16.2. The molecule has 3 amide bonds. The number of carbonyl (C=O) groups excluding carboxylic acids is 3. The summed E-state index contributed by atoms with van der Waals surface area (Å²) in [6.45, 7) is 16.2. The Balaban J connectivity index is 1.80. The molecule has 1 aliphatic rings. The van der Waals surface area contributed by atoms with Crippen LogP contribution in [0, 0.1) is 11.8 Å². The van der Waals surface area contributed by atoms with Crippen molar-refractivity contribution >= 4 is 17.7 Å². The average Bonchev–Trinajstić information content (AvgIpc) is 3.03. The molecule has 1 N–H and O–H groups in total. The molecule has 0 radical (unpaired) electrons. The van der Waals surface area contributed by atoms with Crippen LogP contribution in [0.5, 0.6) is 0 Å². The number of nitrogens with one attached hydrogen (secondary N) is 1. The van der Waals surface area contributed by atoms with Crippen molar-refractivity contribution in [3.05, 3.63) is 83.4 Å². The highest BCUT2D eigenvalue weighted by Crippen LogP contribution is 2.22. The van der Waals surface area contributed by atoms with E-state index in [1.54, 1.807) is 11.9 Å².